The standard InChI is InChI=1S/C17H12BrNO4.Li/c18-11-6-7-12-13(9-11)16(21)19(15(12)20)14(17(22)23)8-10-4-2-1-3-5-10;/h1-7,9,14H,8H2,(H,22,23);/q;+1/p-1. The number of carbonyl (C=O) groups excluding carboxylic acids is 3. The number of fused-ring (bicyclic) bond motifs is 1. The molecule has 2 amide bonds. The minimum atomic E-state index is -1.46. The van der Waals surface area contributed by atoms with Crippen molar-refractivity contribution in [1.82, 2.24) is 4.90 Å². The summed E-state index contributed by atoms with van der Waals surface area (Å²) in [5, 5.41) is 11.5. The number of rotatable bonds is 4. The average Bonchev–Trinajstić information content (AvgIpc) is 2.77. The van der Waals surface area contributed by atoms with Gasteiger partial charge in [-0.1, -0.05) is 46.3 Å². The molecule has 1 heterocycles. The van der Waals surface area contributed by atoms with Gasteiger partial charge in [-0.05, 0) is 30.2 Å². The molecule has 2 aromatic carbocycles. The van der Waals surface area contributed by atoms with Crippen LogP contribution in [0.25, 0.3) is 0 Å². The zero-order chi connectivity index (χ0) is 16.6. The van der Waals surface area contributed by atoms with E-state index in [-0.39, 0.29) is 36.4 Å². The van der Waals surface area contributed by atoms with Crippen LogP contribution < -0.4 is 24.0 Å². The summed E-state index contributed by atoms with van der Waals surface area (Å²) >= 11 is 3.24. The van der Waals surface area contributed by atoms with Gasteiger partial charge in [0.15, 0.2) is 0 Å². The zero-order valence-corrected chi connectivity index (χ0v) is 14.4. The van der Waals surface area contributed by atoms with Gasteiger partial charge in [0.1, 0.15) is 0 Å². The Morgan fingerprint density at radius 3 is 2.29 bits per heavy atom. The van der Waals surface area contributed by atoms with E-state index in [4.69, 9.17) is 0 Å². The van der Waals surface area contributed by atoms with Crippen molar-refractivity contribution in [3.8, 4) is 0 Å². The van der Waals surface area contributed by atoms with Crippen LogP contribution in [0.2, 0.25) is 0 Å². The fourth-order valence-electron chi connectivity index (χ4n) is 2.63. The molecule has 24 heavy (non-hydrogen) atoms. The van der Waals surface area contributed by atoms with E-state index in [1.807, 2.05) is 0 Å². The van der Waals surface area contributed by atoms with Gasteiger partial charge in [0, 0.05) is 4.47 Å². The first-order valence-electron chi connectivity index (χ1n) is 6.91. The predicted molar refractivity (Wildman–Crippen MR) is 83.6 cm³/mol. The van der Waals surface area contributed by atoms with E-state index in [1.165, 1.54) is 12.1 Å². The smallest absolute Gasteiger partial charge is 0.548 e. The Hall–Kier alpha value is -1.87. The third-order valence-corrected chi connectivity index (χ3v) is 4.23. The molecule has 2 aromatic rings. The van der Waals surface area contributed by atoms with Crippen molar-refractivity contribution in [1.29, 1.82) is 0 Å². The molecule has 1 aliphatic rings. The molecule has 0 aromatic heterocycles. The summed E-state index contributed by atoms with van der Waals surface area (Å²) in [7, 11) is 0. The number of carboxylic acids is 1. The Morgan fingerprint density at radius 2 is 1.67 bits per heavy atom. The van der Waals surface area contributed by atoms with Gasteiger partial charge in [-0.15, -0.1) is 0 Å². The van der Waals surface area contributed by atoms with Gasteiger partial charge in [0.05, 0.1) is 23.1 Å². The number of benzene rings is 2. The second kappa shape index (κ2) is 7.35. The number of hydrogen-bond acceptors (Lipinski definition) is 4. The Morgan fingerprint density at radius 1 is 1.04 bits per heavy atom. The molecule has 1 unspecified atom stereocenters. The summed E-state index contributed by atoms with van der Waals surface area (Å²) in [6.07, 6.45) is 0.00973. The fourth-order valence-corrected chi connectivity index (χ4v) is 2.99. The van der Waals surface area contributed by atoms with Crippen molar-refractivity contribution < 1.29 is 38.4 Å². The summed E-state index contributed by atoms with van der Waals surface area (Å²) in [4.78, 5) is 37.3. The number of carboxylic acid groups (broad SMARTS) is 1. The Balaban J connectivity index is 0.00000208. The second-order valence-corrected chi connectivity index (χ2v) is 6.11. The van der Waals surface area contributed by atoms with Crippen LogP contribution in [0.15, 0.2) is 53.0 Å². The molecule has 0 bridgehead atoms. The summed E-state index contributed by atoms with van der Waals surface area (Å²) < 4.78 is 0.646. The van der Waals surface area contributed by atoms with Crippen LogP contribution >= 0.6 is 15.9 Å². The number of halogens is 1. The number of imide groups is 1. The van der Waals surface area contributed by atoms with Gasteiger partial charge < -0.3 is 9.90 Å². The quantitative estimate of drug-likeness (QED) is 0.474. The van der Waals surface area contributed by atoms with Crippen molar-refractivity contribution in [2.75, 3.05) is 0 Å². The average molecular weight is 380 g/mol. The number of hydrogen-bond donors (Lipinski definition) is 0. The van der Waals surface area contributed by atoms with Crippen LogP contribution in [-0.4, -0.2) is 28.7 Å². The SMILES string of the molecule is O=C([O-])C(Cc1ccccc1)N1C(=O)c2ccc(Br)cc2C1=O.[Li+]. The molecule has 0 fully saturated rings. The third-order valence-electron chi connectivity index (χ3n) is 3.74. The largest absolute Gasteiger partial charge is 1.00 e. The first-order valence-corrected chi connectivity index (χ1v) is 7.70. The number of aliphatic carboxylic acids is 1. The Bertz CT molecular complexity index is 809. The molecule has 3 rings (SSSR count). The minimum absolute atomic E-state index is 0. The van der Waals surface area contributed by atoms with E-state index in [0.717, 1.165) is 4.90 Å². The van der Waals surface area contributed by atoms with Crippen molar-refractivity contribution in [2.24, 2.45) is 0 Å². The van der Waals surface area contributed by atoms with E-state index in [2.05, 4.69) is 15.9 Å². The van der Waals surface area contributed by atoms with E-state index in [1.54, 1.807) is 36.4 Å². The molecule has 0 aliphatic carbocycles. The van der Waals surface area contributed by atoms with Gasteiger partial charge in [-0.2, -0.15) is 0 Å². The van der Waals surface area contributed by atoms with Crippen molar-refractivity contribution in [2.45, 2.75) is 12.5 Å². The zero-order valence-electron chi connectivity index (χ0n) is 12.9. The number of amides is 2. The van der Waals surface area contributed by atoms with Crippen molar-refractivity contribution in [3.05, 3.63) is 69.7 Å². The van der Waals surface area contributed by atoms with Gasteiger partial charge in [-0.3, -0.25) is 14.5 Å². The topological polar surface area (TPSA) is 77.5 Å². The normalized spacial score (nSPS) is 14.1. The number of nitrogens with zero attached hydrogens (tertiary/aromatic N) is 1. The van der Waals surface area contributed by atoms with Gasteiger partial charge in [-0.25, -0.2) is 0 Å². The van der Waals surface area contributed by atoms with Crippen LogP contribution in [0.3, 0.4) is 0 Å². The molecule has 116 valence electrons. The van der Waals surface area contributed by atoms with Crippen LogP contribution in [0.4, 0.5) is 0 Å². The maximum Gasteiger partial charge on any atom is 1.00 e. The second-order valence-electron chi connectivity index (χ2n) is 5.19. The van der Waals surface area contributed by atoms with Gasteiger partial charge >= 0.3 is 18.9 Å². The number of carbonyl (C=O) groups is 3. The molecule has 0 N–H and O–H groups in total. The predicted octanol–water partition coefficient (Wildman–Crippen LogP) is -1.59. The van der Waals surface area contributed by atoms with Gasteiger partial charge in [0.25, 0.3) is 11.8 Å². The first kappa shape index (κ1) is 18.5. The summed E-state index contributed by atoms with van der Waals surface area (Å²) in [5.74, 6) is -2.68. The van der Waals surface area contributed by atoms with E-state index in [9.17, 15) is 19.5 Å². The molecule has 1 aliphatic heterocycles. The van der Waals surface area contributed by atoms with E-state index in [0.29, 0.717) is 10.0 Å². The molecule has 1 atom stereocenters. The Kier molecular flexibility index (Phi) is 5.65. The summed E-state index contributed by atoms with van der Waals surface area (Å²) in [6, 6.07) is 12.1. The summed E-state index contributed by atoms with van der Waals surface area (Å²) in [5.41, 5.74) is 1.11. The molecule has 7 heteroatoms. The van der Waals surface area contributed by atoms with Crippen molar-refractivity contribution >= 4 is 33.7 Å². The van der Waals surface area contributed by atoms with E-state index >= 15 is 0 Å². The molecular weight excluding hydrogens is 369 g/mol. The monoisotopic (exact) mass is 379 g/mol. The fraction of sp³-hybridized carbons (Fsp3) is 0.118. The molecule has 0 radical (unpaired) electrons. The molecule has 5 nitrogen and oxygen atoms in total. The van der Waals surface area contributed by atoms with Crippen LogP contribution in [0.1, 0.15) is 26.3 Å². The van der Waals surface area contributed by atoms with Gasteiger partial charge in [0.2, 0.25) is 0 Å². The third kappa shape index (κ3) is 3.32. The molecule has 0 saturated carbocycles. The maximum atomic E-state index is 12.5. The van der Waals surface area contributed by atoms with E-state index < -0.39 is 23.8 Å². The molecular formula is C17H11BrLiNO4. The Labute approximate surface area is 159 Å². The van der Waals surface area contributed by atoms with Crippen LogP contribution in [-0.2, 0) is 11.2 Å². The van der Waals surface area contributed by atoms with Crippen molar-refractivity contribution in [3.63, 3.8) is 0 Å². The molecule has 0 saturated heterocycles. The molecule has 0 spiro atoms. The van der Waals surface area contributed by atoms with Crippen LogP contribution in [0, 0.1) is 0 Å². The summed E-state index contributed by atoms with van der Waals surface area (Å²) in [6.45, 7) is 0. The first-order chi connectivity index (χ1) is 11.0. The minimum Gasteiger partial charge on any atom is -0.548 e. The maximum absolute atomic E-state index is 12.5. The van der Waals surface area contributed by atoms with Crippen LogP contribution in [0.5, 0.6) is 0 Å².